The molecule has 5 aromatic rings. The third-order valence-corrected chi connectivity index (χ3v) is 6.88. The molecule has 37 heavy (non-hydrogen) atoms. The topological polar surface area (TPSA) is 75.9 Å². The van der Waals surface area contributed by atoms with E-state index in [1.807, 2.05) is 65.6 Å². The highest BCUT2D eigenvalue weighted by atomic mass is 16.5. The van der Waals surface area contributed by atoms with Crippen molar-refractivity contribution >= 4 is 33.5 Å². The van der Waals surface area contributed by atoms with E-state index in [2.05, 4.69) is 6.07 Å². The Morgan fingerprint density at radius 1 is 0.811 bits per heavy atom. The summed E-state index contributed by atoms with van der Waals surface area (Å²) in [6.07, 6.45) is 1.49. The number of methoxy groups -OCH3 is 1. The lowest BCUT2D eigenvalue weighted by atomic mass is 10.0. The van der Waals surface area contributed by atoms with Gasteiger partial charge in [-0.05, 0) is 53.2 Å². The first kappa shape index (κ1) is 22.8. The van der Waals surface area contributed by atoms with Gasteiger partial charge in [0.1, 0.15) is 5.75 Å². The zero-order valence-electron chi connectivity index (χ0n) is 20.4. The van der Waals surface area contributed by atoms with Crippen LogP contribution in [0.25, 0.3) is 32.9 Å². The lowest BCUT2D eigenvalue weighted by Crippen LogP contribution is -2.50. The molecule has 0 radical (unpaired) electrons. The first-order valence-corrected chi connectivity index (χ1v) is 12.2. The summed E-state index contributed by atoms with van der Waals surface area (Å²) >= 11 is 0. The van der Waals surface area contributed by atoms with E-state index in [4.69, 9.17) is 14.1 Å². The van der Waals surface area contributed by atoms with Crippen molar-refractivity contribution in [2.24, 2.45) is 0 Å². The lowest BCUT2D eigenvalue weighted by molar-refractivity contribution is 0.0519. The molecule has 3 aromatic carbocycles. The molecule has 1 aliphatic heterocycles. The van der Waals surface area contributed by atoms with Gasteiger partial charge in [0.05, 0.1) is 30.1 Å². The molecule has 0 spiro atoms. The fraction of sp³-hybridized carbons (Fsp3) is 0.167. The van der Waals surface area contributed by atoms with Crippen LogP contribution in [0.4, 0.5) is 0 Å². The molecule has 0 unspecified atom stereocenters. The molecular weight excluding hydrogens is 466 g/mol. The second kappa shape index (κ2) is 9.43. The van der Waals surface area contributed by atoms with Crippen LogP contribution in [-0.4, -0.2) is 59.9 Å². The van der Waals surface area contributed by atoms with E-state index in [9.17, 15) is 9.59 Å². The summed E-state index contributed by atoms with van der Waals surface area (Å²) in [6.45, 7) is 1.81. The Bertz CT molecular complexity index is 1620. The van der Waals surface area contributed by atoms with Gasteiger partial charge >= 0.3 is 0 Å². The van der Waals surface area contributed by atoms with Crippen molar-refractivity contribution in [1.29, 1.82) is 0 Å². The van der Waals surface area contributed by atoms with Crippen LogP contribution in [0.5, 0.6) is 5.75 Å². The van der Waals surface area contributed by atoms with Crippen molar-refractivity contribution in [2.75, 3.05) is 33.3 Å². The predicted octanol–water partition coefficient (Wildman–Crippen LogP) is 5.25. The molecule has 184 valence electrons. The van der Waals surface area contributed by atoms with Gasteiger partial charge in [-0.2, -0.15) is 0 Å². The second-order valence-corrected chi connectivity index (χ2v) is 9.06. The molecule has 2 aromatic heterocycles. The standard InChI is InChI=1S/C30H25N3O4/c1-36-23-11-10-20-17-22(9-8-21(20)18-23)27-19-25(24-5-2-3-6-26(24)31-27)29(34)32-12-14-33(15-13-32)30(35)28-7-4-16-37-28/h2-11,16-19H,12-15H2,1H3. The number of hydrogen-bond acceptors (Lipinski definition) is 5. The van der Waals surface area contributed by atoms with Gasteiger partial charge in [-0.15, -0.1) is 0 Å². The Hall–Kier alpha value is -4.65. The van der Waals surface area contributed by atoms with Crippen LogP contribution in [-0.2, 0) is 0 Å². The zero-order valence-corrected chi connectivity index (χ0v) is 20.4. The number of aromatic nitrogens is 1. The third-order valence-electron chi connectivity index (χ3n) is 6.88. The van der Waals surface area contributed by atoms with Crippen LogP contribution in [0.2, 0.25) is 0 Å². The van der Waals surface area contributed by atoms with Crippen LogP contribution in [0.15, 0.2) is 89.5 Å². The number of hydrogen-bond donors (Lipinski definition) is 0. The number of pyridine rings is 1. The van der Waals surface area contributed by atoms with Crippen molar-refractivity contribution in [2.45, 2.75) is 0 Å². The van der Waals surface area contributed by atoms with E-state index in [1.54, 1.807) is 24.1 Å². The molecule has 0 N–H and O–H groups in total. The van der Waals surface area contributed by atoms with E-state index in [-0.39, 0.29) is 11.8 Å². The van der Waals surface area contributed by atoms with E-state index < -0.39 is 0 Å². The summed E-state index contributed by atoms with van der Waals surface area (Å²) in [4.78, 5) is 34.8. The number of piperazine rings is 1. The van der Waals surface area contributed by atoms with Gasteiger partial charge in [-0.3, -0.25) is 9.59 Å². The molecule has 2 amide bonds. The van der Waals surface area contributed by atoms with Crippen LogP contribution in [0.1, 0.15) is 20.9 Å². The maximum Gasteiger partial charge on any atom is 0.289 e. The highest BCUT2D eigenvalue weighted by molar-refractivity contribution is 6.07. The van der Waals surface area contributed by atoms with Crippen molar-refractivity contribution in [3.63, 3.8) is 0 Å². The van der Waals surface area contributed by atoms with Crippen molar-refractivity contribution in [1.82, 2.24) is 14.8 Å². The Balaban J connectivity index is 1.31. The average Bonchev–Trinajstić information content (AvgIpc) is 3.50. The molecule has 3 heterocycles. The number of nitrogens with zero attached hydrogens (tertiary/aromatic N) is 3. The maximum atomic E-state index is 13.7. The first-order valence-electron chi connectivity index (χ1n) is 12.2. The summed E-state index contributed by atoms with van der Waals surface area (Å²) in [5, 5.41) is 2.96. The number of carbonyl (C=O) groups excluding carboxylic acids is 2. The normalized spacial score (nSPS) is 13.8. The summed E-state index contributed by atoms with van der Waals surface area (Å²) in [7, 11) is 1.66. The Morgan fingerprint density at radius 3 is 2.30 bits per heavy atom. The summed E-state index contributed by atoms with van der Waals surface area (Å²) in [5.41, 5.74) is 3.06. The Labute approximate surface area is 213 Å². The van der Waals surface area contributed by atoms with Crippen LogP contribution in [0.3, 0.4) is 0 Å². The summed E-state index contributed by atoms with van der Waals surface area (Å²) < 4.78 is 10.6. The number of rotatable bonds is 4. The number of benzene rings is 3. The Morgan fingerprint density at radius 2 is 1.54 bits per heavy atom. The molecule has 7 heteroatoms. The minimum Gasteiger partial charge on any atom is -0.497 e. The highest BCUT2D eigenvalue weighted by Crippen LogP contribution is 2.30. The highest BCUT2D eigenvalue weighted by Gasteiger charge is 2.27. The van der Waals surface area contributed by atoms with Crippen LogP contribution < -0.4 is 4.74 Å². The molecule has 1 aliphatic rings. The first-order chi connectivity index (χ1) is 18.1. The van der Waals surface area contributed by atoms with Gasteiger partial charge in [0.2, 0.25) is 0 Å². The fourth-order valence-electron chi connectivity index (χ4n) is 4.85. The van der Waals surface area contributed by atoms with Gasteiger partial charge < -0.3 is 19.0 Å². The van der Waals surface area contributed by atoms with Crippen molar-refractivity contribution in [3.05, 3.63) is 96.4 Å². The molecule has 6 rings (SSSR count). The zero-order chi connectivity index (χ0) is 25.4. The third kappa shape index (κ3) is 4.29. The maximum absolute atomic E-state index is 13.7. The number of fused-ring (bicyclic) bond motifs is 2. The minimum absolute atomic E-state index is 0.0597. The quantitative estimate of drug-likeness (QED) is 0.343. The molecule has 0 aliphatic carbocycles. The van der Waals surface area contributed by atoms with Gasteiger partial charge in [0, 0.05) is 37.1 Å². The van der Waals surface area contributed by atoms with E-state index in [0.29, 0.717) is 37.5 Å². The summed E-state index contributed by atoms with van der Waals surface area (Å²) in [6, 6.07) is 25.1. The van der Waals surface area contributed by atoms with Crippen molar-refractivity contribution < 1.29 is 18.7 Å². The summed E-state index contributed by atoms with van der Waals surface area (Å²) in [5.74, 6) is 0.916. The molecule has 1 fully saturated rings. The molecule has 1 saturated heterocycles. The molecule has 0 bridgehead atoms. The van der Waals surface area contributed by atoms with Crippen LogP contribution >= 0.6 is 0 Å². The predicted molar refractivity (Wildman–Crippen MR) is 142 cm³/mol. The van der Waals surface area contributed by atoms with Gasteiger partial charge in [-0.1, -0.05) is 36.4 Å². The Kier molecular flexibility index (Phi) is 5.81. The van der Waals surface area contributed by atoms with E-state index in [0.717, 1.165) is 38.7 Å². The second-order valence-electron chi connectivity index (χ2n) is 9.06. The lowest BCUT2D eigenvalue weighted by Gasteiger charge is -2.34. The fourth-order valence-corrected chi connectivity index (χ4v) is 4.85. The SMILES string of the molecule is COc1ccc2cc(-c3cc(C(=O)N4CCN(C(=O)c5ccco5)CC4)c4ccccc4n3)ccc2c1. The van der Waals surface area contributed by atoms with Gasteiger partial charge in [-0.25, -0.2) is 4.98 Å². The van der Waals surface area contributed by atoms with Crippen LogP contribution in [0, 0.1) is 0 Å². The molecule has 0 atom stereocenters. The number of amides is 2. The molecular formula is C30H25N3O4. The number of furan rings is 1. The molecule has 0 saturated carbocycles. The largest absolute Gasteiger partial charge is 0.497 e. The average molecular weight is 492 g/mol. The smallest absolute Gasteiger partial charge is 0.289 e. The number of para-hydroxylation sites is 1. The van der Waals surface area contributed by atoms with Gasteiger partial charge in [0.15, 0.2) is 5.76 Å². The van der Waals surface area contributed by atoms with E-state index >= 15 is 0 Å². The van der Waals surface area contributed by atoms with Gasteiger partial charge in [0.25, 0.3) is 11.8 Å². The monoisotopic (exact) mass is 491 g/mol. The number of carbonyl (C=O) groups is 2. The van der Waals surface area contributed by atoms with Crippen molar-refractivity contribution in [3.8, 4) is 17.0 Å². The minimum atomic E-state index is -0.150. The van der Waals surface area contributed by atoms with E-state index in [1.165, 1.54) is 6.26 Å². The molecule has 7 nitrogen and oxygen atoms in total. The number of ether oxygens (including phenoxy) is 1.